The third-order valence-corrected chi connectivity index (χ3v) is 4.92. The second kappa shape index (κ2) is 8.02. The van der Waals surface area contributed by atoms with E-state index in [9.17, 15) is 4.79 Å². The van der Waals surface area contributed by atoms with Crippen LogP contribution in [0.15, 0.2) is 41.9 Å². The smallest absolute Gasteiger partial charge is 0.338 e. The van der Waals surface area contributed by atoms with Crippen LogP contribution >= 0.6 is 0 Å². The minimum absolute atomic E-state index is 0.0249. The topological polar surface area (TPSA) is 87.5 Å². The Morgan fingerprint density at radius 2 is 2.32 bits per heavy atom. The summed E-state index contributed by atoms with van der Waals surface area (Å²) >= 11 is 0. The quantitative estimate of drug-likeness (QED) is 0.766. The van der Waals surface area contributed by atoms with Gasteiger partial charge in [-0.05, 0) is 44.4 Å². The van der Waals surface area contributed by atoms with Crippen molar-refractivity contribution >= 4 is 11.9 Å². The molecule has 0 saturated carbocycles. The van der Waals surface area contributed by atoms with Gasteiger partial charge in [0.1, 0.15) is 24.7 Å². The molecule has 1 fully saturated rings. The van der Waals surface area contributed by atoms with Gasteiger partial charge in [0.2, 0.25) is 5.95 Å². The van der Waals surface area contributed by atoms with E-state index in [0.29, 0.717) is 23.8 Å². The van der Waals surface area contributed by atoms with Crippen molar-refractivity contribution in [1.29, 1.82) is 0 Å². The second-order valence-corrected chi connectivity index (χ2v) is 6.83. The van der Waals surface area contributed by atoms with Crippen molar-refractivity contribution in [1.82, 2.24) is 14.8 Å². The van der Waals surface area contributed by atoms with Crippen LogP contribution in [0.5, 0.6) is 5.75 Å². The molecule has 2 aliphatic heterocycles. The summed E-state index contributed by atoms with van der Waals surface area (Å²) in [5.41, 5.74) is 2.08. The summed E-state index contributed by atoms with van der Waals surface area (Å²) in [5, 5.41) is 7.47. The van der Waals surface area contributed by atoms with Crippen LogP contribution in [-0.2, 0) is 14.3 Å². The molecule has 0 aliphatic carbocycles. The molecule has 0 radical (unpaired) electrons. The van der Waals surface area contributed by atoms with Crippen LogP contribution in [0.25, 0.3) is 0 Å². The maximum atomic E-state index is 13.0. The summed E-state index contributed by atoms with van der Waals surface area (Å²) in [4.78, 5) is 17.3. The van der Waals surface area contributed by atoms with Crippen molar-refractivity contribution in [2.24, 2.45) is 0 Å². The van der Waals surface area contributed by atoms with E-state index in [1.165, 1.54) is 6.33 Å². The zero-order valence-corrected chi connectivity index (χ0v) is 16.1. The van der Waals surface area contributed by atoms with Crippen molar-refractivity contribution < 1.29 is 19.0 Å². The van der Waals surface area contributed by atoms with E-state index in [2.05, 4.69) is 15.4 Å². The number of nitrogens with one attached hydrogen (secondary N) is 1. The first-order valence-corrected chi connectivity index (χ1v) is 9.56. The molecule has 0 spiro atoms. The number of hydrogen-bond donors (Lipinski definition) is 1. The molecule has 1 N–H and O–H groups in total. The standard InChI is InChI=1S/C20H24N4O4/c1-3-26-15-7-4-6-14(10-15)18-17(13(2)23-20-21-12-22-24(18)20)19(25)28-11-16-8-5-9-27-16/h4,6-7,10,12,16,18H,3,5,8-9,11H2,1-2H3,(H,21,22,23)/t16-,18+/m0/s1. The van der Waals surface area contributed by atoms with Crippen LogP contribution in [0, 0.1) is 0 Å². The highest BCUT2D eigenvalue weighted by atomic mass is 16.6. The van der Waals surface area contributed by atoms with Gasteiger partial charge in [-0.2, -0.15) is 10.1 Å². The van der Waals surface area contributed by atoms with Gasteiger partial charge in [-0.1, -0.05) is 12.1 Å². The molecule has 2 aromatic rings. The maximum absolute atomic E-state index is 13.0. The van der Waals surface area contributed by atoms with Crippen molar-refractivity contribution in [3.8, 4) is 5.75 Å². The van der Waals surface area contributed by atoms with Crippen LogP contribution in [-0.4, -0.2) is 46.7 Å². The number of esters is 1. The zero-order chi connectivity index (χ0) is 19.5. The van der Waals surface area contributed by atoms with E-state index >= 15 is 0 Å². The highest BCUT2D eigenvalue weighted by Gasteiger charge is 2.35. The first kappa shape index (κ1) is 18.5. The summed E-state index contributed by atoms with van der Waals surface area (Å²) in [6.07, 6.45) is 3.36. The van der Waals surface area contributed by atoms with Crippen LogP contribution in [0.4, 0.5) is 5.95 Å². The molecule has 2 aliphatic rings. The SMILES string of the molecule is CCOc1cccc([C@@H]2C(C(=O)OC[C@@H]3CCCO3)=C(C)Nc3ncnn32)c1. The number of rotatable bonds is 6. The molecular weight excluding hydrogens is 360 g/mol. The highest BCUT2D eigenvalue weighted by molar-refractivity contribution is 5.92. The van der Waals surface area contributed by atoms with Crippen LogP contribution < -0.4 is 10.1 Å². The Morgan fingerprint density at radius 1 is 1.43 bits per heavy atom. The lowest BCUT2D eigenvalue weighted by molar-refractivity contribution is -0.142. The van der Waals surface area contributed by atoms with Gasteiger partial charge in [-0.25, -0.2) is 9.48 Å². The van der Waals surface area contributed by atoms with Gasteiger partial charge in [0.05, 0.1) is 18.3 Å². The number of aromatic nitrogens is 3. The minimum Gasteiger partial charge on any atom is -0.494 e. The van der Waals surface area contributed by atoms with Gasteiger partial charge >= 0.3 is 5.97 Å². The Hall–Kier alpha value is -2.87. The Bertz CT molecular complexity index is 886. The summed E-state index contributed by atoms with van der Waals surface area (Å²) in [6.45, 7) is 5.33. The van der Waals surface area contributed by atoms with Gasteiger partial charge in [0.15, 0.2) is 0 Å². The first-order chi connectivity index (χ1) is 13.7. The van der Waals surface area contributed by atoms with Crippen molar-refractivity contribution in [3.63, 3.8) is 0 Å². The molecule has 3 heterocycles. The van der Waals surface area contributed by atoms with E-state index in [1.807, 2.05) is 38.1 Å². The number of ether oxygens (including phenoxy) is 3. The molecule has 0 bridgehead atoms. The summed E-state index contributed by atoms with van der Waals surface area (Å²) in [6, 6.07) is 7.22. The third kappa shape index (κ3) is 3.60. The molecule has 8 heteroatoms. The Morgan fingerprint density at radius 3 is 3.11 bits per heavy atom. The first-order valence-electron chi connectivity index (χ1n) is 9.56. The number of anilines is 1. The molecule has 8 nitrogen and oxygen atoms in total. The predicted molar refractivity (Wildman–Crippen MR) is 102 cm³/mol. The van der Waals surface area contributed by atoms with Crippen molar-refractivity contribution in [3.05, 3.63) is 47.4 Å². The van der Waals surface area contributed by atoms with E-state index in [1.54, 1.807) is 4.68 Å². The van der Waals surface area contributed by atoms with Crippen LogP contribution in [0.1, 0.15) is 38.3 Å². The van der Waals surface area contributed by atoms with E-state index < -0.39 is 6.04 Å². The minimum atomic E-state index is -0.448. The van der Waals surface area contributed by atoms with E-state index in [4.69, 9.17) is 14.2 Å². The molecule has 0 unspecified atom stereocenters. The normalized spacial score (nSPS) is 21.2. The van der Waals surface area contributed by atoms with Gasteiger partial charge < -0.3 is 19.5 Å². The number of carbonyl (C=O) groups excluding carboxylic acids is 1. The molecule has 28 heavy (non-hydrogen) atoms. The fraction of sp³-hybridized carbons (Fsp3) is 0.450. The van der Waals surface area contributed by atoms with Crippen LogP contribution in [0.2, 0.25) is 0 Å². The van der Waals surface area contributed by atoms with Gasteiger partial charge in [-0.15, -0.1) is 0 Å². The number of benzene rings is 1. The average Bonchev–Trinajstić information content (AvgIpc) is 3.37. The average molecular weight is 384 g/mol. The highest BCUT2D eigenvalue weighted by Crippen LogP contribution is 2.36. The lowest BCUT2D eigenvalue weighted by atomic mass is 9.95. The molecule has 2 atom stereocenters. The lowest BCUT2D eigenvalue weighted by Gasteiger charge is -2.28. The monoisotopic (exact) mass is 384 g/mol. The fourth-order valence-electron chi connectivity index (χ4n) is 3.63. The largest absolute Gasteiger partial charge is 0.494 e. The van der Waals surface area contributed by atoms with E-state index in [0.717, 1.165) is 30.8 Å². The number of fused-ring (bicyclic) bond motifs is 1. The number of nitrogens with zero attached hydrogens (tertiary/aromatic N) is 3. The second-order valence-electron chi connectivity index (χ2n) is 6.83. The van der Waals surface area contributed by atoms with Gasteiger partial charge in [0, 0.05) is 12.3 Å². The molecule has 0 amide bonds. The van der Waals surface area contributed by atoms with Crippen LogP contribution in [0.3, 0.4) is 0 Å². The Kier molecular flexibility index (Phi) is 5.29. The molecule has 4 rings (SSSR count). The molecular formula is C20H24N4O4. The third-order valence-electron chi connectivity index (χ3n) is 4.92. The number of carbonyl (C=O) groups is 1. The van der Waals surface area contributed by atoms with E-state index in [-0.39, 0.29) is 18.7 Å². The number of allylic oxidation sites excluding steroid dienone is 1. The van der Waals surface area contributed by atoms with Crippen molar-refractivity contribution in [2.45, 2.75) is 38.8 Å². The summed E-state index contributed by atoms with van der Waals surface area (Å²) < 4.78 is 18.5. The fourth-order valence-corrected chi connectivity index (χ4v) is 3.63. The summed E-state index contributed by atoms with van der Waals surface area (Å²) in [7, 11) is 0. The predicted octanol–water partition coefficient (Wildman–Crippen LogP) is 2.69. The Balaban J connectivity index is 1.66. The molecule has 148 valence electrons. The molecule has 1 aromatic carbocycles. The number of hydrogen-bond acceptors (Lipinski definition) is 7. The van der Waals surface area contributed by atoms with Crippen molar-refractivity contribution in [2.75, 3.05) is 25.1 Å². The van der Waals surface area contributed by atoms with Gasteiger partial charge in [0.25, 0.3) is 0 Å². The lowest BCUT2D eigenvalue weighted by Crippen LogP contribution is -2.30. The summed E-state index contributed by atoms with van der Waals surface area (Å²) in [5.74, 6) is 0.943. The zero-order valence-electron chi connectivity index (χ0n) is 16.1. The Labute approximate surface area is 163 Å². The maximum Gasteiger partial charge on any atom is 0.338 e. The molecule has 1 aromatic heterocycles. The van der Waals surface area contributed by atoms with Gasteiger partial charge in [-0.3, -0.25) is 0 Å². The molecule has 1 saturated heterocycles.